The summed E-state index contributed by atoms with van der Waals surface area (Å²) in [6.07, 6.45) is 1.66. The number of phenolic OH excluding ortho intramolecular Hbond substituents is 2. The summed E-state index contributed by atoms with van der Waals surface area (Å²) in [5, 5.41) is 38.9. The minimum absolute atomic E-state index is 0.0675. The molecule has 0 aliphatic rings. The van der Waals surface area contributed by atoms with Crippen molar-refractivity contribution in [2.75, 3.05) is 6.54 Å². The average Bonchev–Trinajstić information content (AvgIpc) is 3.11. The molecule has 0 aliphatic carbocycles. The van der Waals surface area contributed by atoms with Gasteiger partial charge < -0.3 is 20.6 Å². The van der Waals surface area contributed by atoms with Crippen LogP contribution in [-0.4, -0.2) is 45.0 Å². The lowest BCUT2D eigenvalue weighted by molar-refractivity contribution is 0.0733. The third-order valence-electron chi connectivity index (χ3n) is 8.42. The van der Waals surface area contributed by atoms with Crippen molar-refractivity contribution in [2.45, 2.75) is 31.0 Å². The second kappa shape index (κ2) is 14.7. The molecule has 0 aliphatic heterocycles. The predicted octanol–water partition coefficient (Wildman–Crippen LogP) is 6.78. The van der Waals surface area contributed by atoms with E-state index in [4.69, 9.17) is 0 Å². The molecule has 5 N–H and O–H groups in total. The van der Waals surface area contributed by atoms with Crippen molar-refractivity contribution < 1.29 is 20.1 Å². The molecule has 236 valence electrons. The van der Waals surface area contributed by atoms with Crippen molar-refractivity contribution in [3.05, 3.63) is 162 Å². The second-order valence-electron chi connectivity index (χ2n) is 11.7. The van der Waals surface area contributed by atoms with Gasteiger partial charge in [-0.1, -0.05) is 91.0 Å². The number of fused-ring (bicyclic) bond motifs is 1. The standard InChI is InChI=1S/C40H37N3O4/c44-34-18-16-27(17-19-34)23-36(40(47)42-22-20-35(28-9-3-1-4-10-28)29-11-5-2-6-12-29)43-39(46)32-14-7-13-30(24-32)33-25-31-15-8-21-41-38(31)37(45)26-33/h1-19,21,24-26,35-36,40,42,44-45,47H,20,22-23H2,(H,43,46). The van der Waals surface area contributed by atoms with Gasteiger partial charge in [-0.3, -0.25) is 15.1 Å². The molecule has 0 bridgehead atoms. The Balaban J connectivity index is 1.19. The number of nitrogens with zero attached hydrogens (tertiary/aromatic N) is 1. The SMILES string of the molecule is O=C(NC(Cc1ccc(O)cc1)C(O)NCCC(c1ccccc1)c1ccccc1)c1cccc(-c2cc(O)c3ncccc3c2)c1. The monoisotopic (exact) mass is 623 g/mol. The molecule has 0 fully saturated rings. The summed E-state index contributed by atoms with van der Waals surface area (Å²) in [6, 6.07) is 41.1. The van der Waals surface area contributed by atoms with E-state index in [1.165, 1.54) is 11.1 Å². The summed E-state index contributed by atoms with van der Waals surface area (Å²) in [4.78, 5) is 17.9. The maximum atomic E-state index is 13.7. The van der Waals surface area contributed by atoms with E-state index in [0.29, 0.717) is 24.0 Å². The Morgan fingerprint density at radius 2 is 1.43 bits per heavy atom. The van der Waals surface area contributed by atoms with Gasteiger partial charge in [-0.05, 0) is 89.7 Å². The van der Waals surface area contributed by atoms with Crippen LogP contribution in [-0.2, 0) is 6.42 Å². The Hall–Kier alpha value is -5.50. The fraction of sp³-hybridized carbons (Fsp3) is 0.150. The molecule has 0 saturated carbocycles. The molecule has 7 heteroatoms. The minimum Gasteiger partial charge on any atom is -0.508 e. The van der Waals surface area contributed by atoms with Crippen LogP contribution < -0.4 is 10.6 Å². The van der Waals surface area contributed by atoms with Gasteiger partial charge in [0.2, 0.25) is 0 Å². The van der Waals surface area contributed by atoms with Gasteiger partial charge in [-0.25, -0.2) is 0 Å². The number of aromatic nitrogens is 1. The van der Waals surface area contributed by atoms with Gasteiger partial charge in [0.25, 0.3) is 5.91 Å². The number of aromatic hydroxyl groups is 2. The number of carbonyl (C=O) groups excluding carboxylic acids is 1. The van der Waals surface area contributed by atoms with E-state index >= 15 is 0 Å². The van der Waals surface area contributed by atoms with E-state index in [1.54, 1.807) is 54.7 Å². The summed E-state index contributed by atoms with van der Waals surface area (Å²) in [5.74, 6) is 0.0102. The number of rotatable bonds is 12. The molecule has 5 aromatic carbocycles. The number of aliphatic hydroxyl groups excluding tert-OH is 1. The Bertz CT molecular complexity index is 1890. The fourth-order valence-electron chi connectivity index (χ4n) is 5.97. The Kier molecular flexibility index (Phi) is 9.87. The van der Waals surface area contributed by atoms with Crippen molar-refractivity contribution in [3.63, 3.8) is 0 Å². The number of phenols is 2. The molecular weight excluding hydrogens is 586 g/mol. The number of pyridine rings is 1. The number of aliphatic hydroxyl groups is 1. The highest BCUT2D eigenvalue weighted by atomic mass is 16.3. The van der Waals surface area contributed by atoms with E-state index in [1.807, 2.05) is 60.7 Å². The lowest BCUT2D eigenvalue weighted by Crippen LogP contribution is -2.51. The Morgan fingerprint density at radius 3 is 2.13 bits per heavy atom. The smallest absolute Gasteiger partial charge is 0.251 e. The van der Waals surface area contributed by atoms with Gasteiger partial charge in [0.15, 0.2) is 0 Å². The van der Waals surface area contributed by atoms with Gasteiger partial charge in [-0.2, -0.15) is 0 Å². The van der Waals surface area contributed by atoms with E-state index in [0.717, 1.165) is 28.5 Å². The minimum atomic E-state index is -1.05. The summed E-state index contributed by atoms with van der Waals surface area (Å²) in [6.45, 7) is 0.507. The van der Waals surface area contributed by atoms with Crippen LogP contribution in [0.3, 0.4) is 0 Å². The molecule has 1 amide bonds. The Labute approximate surface area is 274 Å². The highest BCUT2D eigenvalue weighted by molar-refractivity contribution is 5.96. The summed E-state index contributed by atoms with van der Waals surface area (Å²) in [7, 11) is 0. The summed E-state index contributed by atoms with van der Waals surface area (Å²) < 4.78 is 0. The maximum Gasteiger partial charge on any atom is 0.251 e. The molecule has 0 saturated heterocycles. The van der Waals surface area contributed by atoms with E-state index in [9.17, 15) is 20.1 Å². The number of hydrogen-bond acceptors (Lipinski definition) is 6. The number of amides is 1. The zero-order chi connectivity index (χ0) is 32.6. The van der Waals surface area contributed by atoms with Crippen molar-refractivity contribution in [2.24, 2.45) is 0 Å². The van der Waals surface area contributed by atoms with Gasteiger partial charge >= 0.3 is 0 Å². The predicted molar refractivity (Wildman–Crippen MR) is 185 cm³/mol. The van der Waals surface area contributed by atoms with Crippen LogP contribution in [0.1, 0.15) is 39.4 Å². The van der Waals surface area contributed by atoms with Crippen LogP contribution in [0.5, 0.6) is 11.5 Å². The fourth-order valence-corrected chi connectivity index (χ4v) is 5.97. The quantitative estimate of drug-likeness (QED) is 0.0960. The normalized spacial score (nSPS) is 12.6. The summed E-state index contributed by atoms with van der Waals surface area (Å²) >= 11 is 0. The topological polar surface area (TPSA) is 115 Å². The molecule has 0 radical (unpaired) electrons. The first-order chi connectivity index (χ1) is 22.9. The first-order valence-electron chi connectivity index (χ1n) is 15.7. The first-order valence-corrected chi connectivity index (χ1v) is 15.7. The molecule has 6 aromatic rings. The number of benzene rings is 5. The van der Waals surface area contributed by atoms with Gasteiger partial charge in [0.1, 0.15) is 23.2 Å². The van der Waals surface area contributed by atoms with Crippen molar-refractivity contribution in [1.29, 1.82) is 0 Å². The van der Waals surface area contributed by atoms with Crippen LogP contribution >= 0.6 is 0 Å². The summed E-state index contributed by atoms with van der Waals surface area (Å²) in [5.41, 5.74) is 5.70. The first kappa shape index (κ1) is 31.5. The molecule has 1 heterocycles. The third kappa shape index (κ3) is 7.84. The molecule has 47 heavy (non-hydrogen) atoms. The Morgan fingerprint density at radius 1 is 0.723 bits per heavy atom. The van der Waals surface area contributed by atoms with Crippen LogP contribution in [0.25, 0.3) is 22.0 Å². The van der Waals surface area contributed by atoms with E-state index < -0.39 is 12.3 Å². The molecule has 6 rings (SSSR count). The maximum absolute atomic E-state index is 13.7. The zero-order valence-corrected chi connectivity index (χ0v) is 25.8. The largest absolute Gasteiger partial charge is 0.508 e. The van der Waals surface area contributed by atoms with E-state index in [2.05, 4.69) is 39.9 Å². The molecule has 0 spiro atoms. The molecular formula is C40H37N3O4. The lowest BCUT2D eigenvalue weighted by Gasteiger charge is -2.26. The number of carbonyl (C=O) groups is 1. The molecule has 2 unspecified atom stereocenters. The van der Waals surface area contributed by atoms with E-state index in [-0.39, 0.29) is 23.3 Å². The zero-order valence-electron chi connectivity index (χ0n) is 25.8. The number of nitrogens with one attached hydrogen (secondary N) is 2. The van der Waals surface area contributed by atoms with Crippen molar-refractivity contribution in [3.8, 4) is 22.6 Å². The van der Waals surface area contributed by atoms with Crippen molar-refractivity contribution in [1.82, 2.24) is 15.6 Å². The van der Waals surface area contributed by atoms with Gasteiger partial charge in [-0.15, -0.1) is 0 Å². The second-order valence-corrected chi connectivity index (χ2v) is 11.7. The van der Waals surface area contributed by atoms with Gasteiger partial charge in [0.05, 0.1) is 6.04 Å². The highest BCUT2D eigenvalue weighted by Gasteiger charge is 2.24. The lowest BCUT2D eigenvalue weighted by atomic mass is 9.88. The van der Waals surface area contributed by atoms with Crippen LogP contribution in [0.15, 0.2) is 140 Å². The van der Waals surface area contributed by atoms with Crippen LogP contribution in [0.4, 0.5) is 0 Å². The average molecular weight is 624 g/mol. The highest BCUT2D eigenvalue weighted by Crippen LogP contribution is 2.31. The molecule has 2 atom stereocenters. The third-order valence-corrected chi connectivity index (χ3v) is 8.42. The van der Waals surface area contributed by atoms with Gasteiger partial charge in [0, 0.05) is 23.1 Å². The van der Waals surface area contributed by atoms with Crippen LogP contribution in [0, 0.1) is 0 Å². The van der Waals surface area contributed by atoms with Crippen LogP contribution in [0.2, 0.25) is 0 Å². The van der Waals surface area contributed by atoms with Crippen molar-refractivity contribution >= 4 is 16.8 Å². The molecule has 1 aromatic heterocycles. The number of hydrogen-bond donors (Lipinski definition) is 5. The molecule has 7 nitrogen and oxygen atoms in total.